The van der Waals surface area contributed by atoms with Crippen molar-refractivity contribution < 1.29 is 9.13 Å². The Morgan fingerprint density at radius 1 is 1.24 bits per heavy atom. The molecule has 108 valence electrons. The van der Waals surface area contributed by atoms with Crippen LogP contribution in [0.5, 0.6) is 11.6 Å². The molecule has 0 spiro atoms. The molecule has 0 atom stereocenters. The molecule has 4 nitrogen and oxygen atoms in total. The third kappa shape index (κ3) is 3.00. The molecule has 2 aromatic rings. The average molecular weight is 285 g/mol. The standard InChI is InChI=1S/C16H16FN3O/c1-4-12-13(9-18)16(20-19-15(12)5-2)21-11-6-7-14(17)10(3)8-11/h6-8H,4-5H2,1-3H3. The summed E-state index contributed by atoms with van der Waals surface area (Å²) in [6.07, 6.45) is 1.39. The summed E-state index contributed by atoms with van der Waals surface area (Å²) in [7, 11) is 0. The van der Waals surface area contributed by atoms with E-state index in [0.717, 1.165) is 11.3 Å². The van der Waals surface area contributed by atoms with Gasteiger partial charge in [-0.25, -0.2) is 4.39 Å². The van der Waals surface area contributed by atoms with Crippen molar-refractivity contribution in [3.8, 4) is 17.7 Å². The number of aryl methyl sites for hydroxylation is 2. The minimum absolute atomic E-state index is 0.164. The first-order valence-corrected chi connectivity index (χ1v) is 6.83. The quantitative estimate of drug-likeness (QED) is 0.859. The van der Waals surface area contributed by atoms with E-state index in [2.05, 4.69) is 16.3 Å². The monoisotopic (exact) mass is 285 g/mol. The zero-order valence-electron chi connectivity index (χ0n) is 12.3. The number of aromatic nitrogens is 2. The Morgan fingerprint density at radius 3 is 2.57 bits per heavy atom. The topological polar surface area (TPSA) is 58.8 Å². The minimum atomic E-state index is -0.301. The fourth-order valence-corrected chi connectivity index (χ4v) is 2.13. The third-order valence-corrected chi connectivity index (χ3v) is 3.27. The first kappa shape index (κ1) is 14.9. The average Bonchev–Trinajstić information content (AvgIpc) is 2.50. The van der Waals surface area contributed by atoms with E-state index in [9.17, 15) is 9.65 Å². The van der Waals surface area contributed by atoms with Gasteiger partial charge in [-0.2, -0.15) is 10.4 Å². The lowest BCUT2D eigenvalue weighted by Gasteiger charge is -2.11. The smallest absolute Gasteiger partial charge is 0.257 e. The second-order valence-electron chi connectivity index (χ2n) is 4.64. The molecule has 0 fully saturated rings. The molecule has 0 aliphatic heterocycles. The second-order valence-corrected chi connectivity index (χ2v) is 4.64. The molecule has 1 aromatic carbocycles. The molecule has 0 radical (unpaired) electrons. The molecule has 0 saturated carbocycles. The Labute approximate surface area is 123 Å². The van der Waals surface area contributed by atoms with Crippen LogP contribution in [0.3, 0.4) is 0 Å². The number of rotatable bonds is 4. The Bertz CT molecular complexity index is 707. The zero-order chi connectivity index (χ0) is 15.4. The molecule has 2 rings (SSSR count). The van der Waals surface area contributed by atoms with E-state index >= 15 is 0 Å². The van der Waals surface area contributed by atoms with E-state index < -0.39 is 0 Å². The SMILES string of the molecule is CCc1nnc(Oc2ccc(F)c(C)c2)c(C#N)c1CC. The zero-order valence-corrected chi connectivity index (χ0v) is 12.3. The minimum Gasteiger partial charge on any atom is -0.437 e. The van der Waals surface area contributed by atoms with Gasteiger partial charge in [-0.15, -0.1) is 5.10 Å². The van der Waals surface area contributed by atoms with E-state index in [4.69, 9.17) is 4.74 Å². The summed E-state index contributed by atoms with van der Waals surface area (Å²) in [6, 6.07) is 6.53. The van der Waals surface area contributed by atoms with E-state index in [1.807, 2.05) is 13.8 Å². The second kappa shape index (κ2) is 6.31. The van der Waals surface area contributed by atoms with Gasteiger partial charge in [0.05, 0.1) is 5.69 Å². The maximum atomic E-state index is 13.3. The van der Waals surface area contributed by atoms with Gasteiger partial charge in [0.1, 0.15) is 23.2 Å². The highest BCUT2D eigenvalue weighted by Gasteiger charge is 2.16. The highest BCUT2D eigenvalue weighted by Crippen LogP contribution is 2.27. The first-order chi connectivity index (χ1) is 10.1. The Balaban J connectivity index is 2.44. The van der Waals surface area contributed by atoms with Crippen molar-refractivity contribution in [3.63, 3.8) is 0 Å². The summed E-state index contributed by atoms with van der Waals surface area (Å²) in [5.74, 6) is 0.299. The highest BCUT2D eigenvalue weighted by molar-refractivity contribution is 5.47. The summed E-state index contributed by atoms with van der Waals surface area (Å²) >= 11 is 0. The van der Waals surface area contributed by atoms with Gasteiger partial charge in [-0.05, 0) is 49.1 Å². The lowest BCUT2D eigenvalue weighted by molar-refractivity contribution is 0.448. The van der Waals surface area contributed by atoms with Crippen LogP contribution in [-0.2, 0) is 12.8 Å². The maximum absolute atomic E-state index is 13.3. The number of benzene rings is 1. The molecule has 0 saturated heterocycles. The van der Waals surface area contributed by atoms with Gasteiger partial charge >= 0.3 is 0 Å². The molecule has 0 bridgehead atoms. The number of hydrogen-bond acceptors (Lipinski definition) is 4. The molecular weight excluding hydrogens is 269 g/mol. The summed E-state index contributed by atoms with van der Waals surface area (Å²) in [4.78, 5) is 0. The van der Waals surface area contributed by atoms with Crippen molar-refractivity contribution in [2.45, 2.75) is 33.6 Å². The van der Waals surface area contributed by atoms with Crippen LogP contribution < -0.4 is 4.74 Å². The van der Waals surface area contributed by atoms with E-state index in [0.29, 0.717) is 29.7 Å². The Hall–Kier alpha value is -2.48. The molecule has 1 aromatic heterocycles. The molecule has 0 aliphatic carbocycles. The largest absolute Gasteiger partial charge is 0.437 e. The van der Waals surface area contributed by atoms with Crippen LogP contribution in [0.15, 0.2) is 18.2 Å². The van der Waals surface area contributed by atoms with Crippen LogP contribution >= 0.6 is 0 Å². The number of nitriles is 1. The van der Waals surface area contributed by atoms with Gasteiger partial charge in [0.25, 0.3) is 5.88 Å². The molecule has 5 heteroatoms. The molecule has 1 heterocycles. The third-order valence-electron chi connectivity index (χ3n) is 3.27. The first-order valence-electron chi connectivity index (χ1n) is 6.83. The molecular formula is C16H16FN3O. The van der Waals surface area contributed by atoms with Crippen LogP contribution in [0.2, 0.25) is 0 Å². The summed E-state index contributed by atoms with van der Waals surface area (Å²) in [6.45, 7) is 5.58. The van der Waals surface area contributed by atoms with Gasteiger partial charge < -0.3 is 4.74 Å². The van der Waals surface area contributed by atoms with Crippen LogP contribution in [0.25, 0.3) is 0 Å². The van der Waals surface area contributed by atoms with Crippen molar-refractivity contribution in [2.75, 3.05) is 0 Å². The lowest BCUT2D eigenvalue weighted by atomic mass is 10.0. The predicted molar refractivity (Wildman–Crippen MR) is 76.7 cm³/mol. The fourth-order valence-electron chi connectivity index (χ4n) is 2.13. The van der Waals surface area contributed by atoms with Gasteiger partial charge in [0.15, 0.2) is 0 Å². The number of halogens is 1. The van der Waals surface area contributed by atoms with Gasteiger partial charge in [-0.3, -0.25) is 0 Å². The number of hydrogen-bond donors (Lipinski definition) is 0. The highest BCUT2D eigenvalue weighted by atomic mass is 19.1. The van der Waals surface area contributed by atoms with Crippen molar-refractivity contribution in [1.29, 1.82) is 5.26 Å². The van der Waals surface area contributed by atoms with Crippen LogP contribution in [0.4, 0.5) is 4.39 Å². The fraction of sp³-hybridized carbons (Fsp3) is 0.312. The summed E-state index contributed by atoms with van der Waals surface area (Å²) in [5, 5.41) is 17.5. The maximum Gasteiger partial charge on any atom is 0.257 e. The summed E-state index contributed by atoms with van der Waals surface area (Å²) in [5.41, 5.74) is 2.52. The summed E-state index contributed by atoms with van der Waals surface area (Å²) < 4.78 is 18.9. The molecule has 21 heavy (non-hydrogen) atoms. The van der Waals surface area contributed by atoms with E-state index in [1.54, 1.807) is 13.0 Å². The Morgan fingerprint density at radius 2 is 2.00 bits per heavy atom. The number of ether oxygens (including phenoxy) is 1. The van der Waals surface area contributed by atoms with Gasteiger partial charge in [-0.1, -0.05) is 13.8 Å². The predicted octanol–water partition coefficient (Wildman–Crippen LogP) is 3.71. The normalized spacial score (nSPS) is 10.2. The van der Waals surface area contributed by atoms with Crippen LogP contribution in [0, 0.1) is 24.1 Å². The van der Waals surface area contributed by atoms with Gasteiger partial charge in [0.2, 0.25) is 0 Å². The molecule has 0 N–H and O–H groups in total. The number of nitrogens with zero attached hydrogens (tertiary/aromatic N) is 3. The molecule has 0 unspecified atom stereocenters. The van der Waals surface area contributed by atoms with Crippen molar-refractivity contribution in [1.82, 2.24) is 10.2 Å². The Kier molecular flexibility index (Phi) is 4.49. The van der Waals surface area contributed by atoms with Crippen LogP contribution in [0.1, 0.15) is 36.2 Å². The van der Waals surface area contributed by atoms with Crippen LogP contribution in [-0.4, -0.2) is 10.2 Å². The van der Waals surface area contributed by atoms with E-state index in [1.165, 1.54) is 12.1 Å². The van der Waals surface area contributed by atoms with Crippen molar-refractivity contribution in [3.05, 3.63) is 46.4 Å². The van der Waals surface area contributed by atoms with Crippen molar-refractivity contribution >= 4 is 0 Å². The molecule has 0 amide bonds. The molecule has 0 aliphatic rings. The van der Waals surface area contributed by atoms with Crippen molar-refractivity contribution in [2.24, 2.45) is 0 Å². The van der Waals surface area contributed by atoms with E-state index in [-0.39, 0.29) is 11.7 Å². The van der Waals surface area contributed by atoms with Gasteiger partial charge in [0, 0.05) is 0 Å². The lowest BCUT2D eigenvalue weighted by Crippen LogP contribution is -2.05.